The lowest BCUT2D eigenvalue weighted by atomic mass is 9.87. The normalized spacial score (nSPS) is 24.6. The highest BCUT2D eigenvalue weighted by molar-refractivity contribution is 5.31. The number of hydrogen-bond donors (Lipinski definition) is 1. The first kappa shape index (κ1) is 15.3. The number of ether oxygens (including phenoxy) is 1. The molecule has 1 aliphatic rings. The van der Waals surface area contributed by atoms with Gasteiger partial charge in [-0.2, -0.15) is 0 Å². The molecule has 1 aliphatic heterocycles. The van der Waals surface area contributed by atoms with Gasteiger partial charge in [-0.25, -0.2) is 0 Å². The van der Waals surface area contributed by atoms with Crippen LogP contribution in [0.5, 0.6) is 5.75 Å². The van der Waals surface area contributed by atoms with E-state index < -0.39 is 5.60 Å². The van der Waals surface area contributed by atoms with Gasteiger partial charge in [0.2, 0.25) is 0 Å². The molecule has 0 spiro atoms. The van der Waals surface area contributed by atoms with Crippen LogP contribution in [0.15, 0.2) is 24.3 Å². The molecule has 1 saturated heterocycles. The lowest BCUT2D eigenvalue weighted by molar-refractivity contribution is 0.0213. The molecular weight excluding hydrogens is 250 g/mol. The van der Waals surface area contributed by atoms with Crippen LogP contribution in [0.2, 0.25) is 0 Å². The van der Waals surface area contributed by atoms with E-state index in [0.29, 0.717) is 0 Å². The number of likely N-dealkylation sites (tertiary alicyclic amines) is 1. The Kier molecular flexibility index (Phi) is 5.06. The molecule has 1 aromatic carbocycles. The Morgan fingerprint density at radius 2 is 1.90 bits per heavy atom. The molecule has 112 valence electrons. The second-order valence-corrected chi connectivity index (χ2v) is 6.01. The largest absolute Gasteiger partial charge is 0.491 e. The Morgan fingerprint density at radius 1 is 1.20 bits per heavy atom. The minimum atomic E-state index is -0.680. The Labute approximate surface area is 122 Å². The zero-order valence-corrected chi connectivity index (χ0v) is 12.9. The molecule has 1 aromatic rings. The maximum absolute atomic E-state index is 10.9. The lowest BCUT2D eigenvalue weighted by Gasteiger charge is -2.27. The Hall–Kier alpha value is -1.06. The van der Waals surface area contributed by atoms with Gasteiger partial charge in [0.25, 0.3) is 0 Å². The van der Waals surface area contributed by atoms with E-state index in [2.05, 4.69) is 11.8 Å². The van der Waals surface area contributed by atoms with Crippen molar-refractivity contribution < 1.29 is 9.84 Å². The van der Waals surface area contributed by atoms with Gasteiger partial charge in [-0.15, -0.1) is 0 Å². The lowest BCUT2D eigenvalue weighted by Crippen LogP contribution is -2.29. The standard InChI is InChI=1S/C17H27NO2/c1-4-18-12-5-10-17(19,11-13-18)15-6-8-16(9-7-15)20-14(2)3/h6-9,14,19H,4-5,10-13H2,1-3H3. The molecule has 20 heavy (non-hydrogen) atoms. The highest BCUT2D eigenvalue weighted by Crippen LogP contribution is 2.33. The van der Waals surface area contributed by atoms with E-state index in [1.807, 2.05) is 38.1 Å². The molecule has 1 fully saturated rings. The summed E-state index contributed by atoms with van der Waals surface area (Å²) in [6.45, 7) is 9.35. The molecule has 0 amide bonds. The number of nitrogens with zero attached hydrogens (tertiary/aromatic N) is 1. The van der Waals surface area contributed by atoms with Crippen molar-refractivity contribution in [2.24, 2.45) is 0 Å². The van der Waals surface area contributed by atoms with E-state index in [0.717, 1.165) is 50.2 Å². The van der Waals surface area contributed by atoms with Gasteiger partial charge in [-0.05, 0) is 63.9 Å². The first-order chi connectivity index (χ1) is 9.53. The van der Waals surface area contributed by atoms with E-state index in [1.54, 1.807) is 0 Å². The molecule has 3 heteroatoms. The van der Waals surface area contributed by atoms with Crippen molar-refractivity contribution in [3.63, 3.8) is 0 Å². The number of aliphatic hydroxyl groups is 1. The summed E-state index contributed by atoms with van der Waals surface area (Å²) in [5.41, 5.74) is 0.340. The van der Waals surface area contributed by atoms with Crippen molar-refractivity contribution in [3.8, 4) is 5.75 Å². The first-order valence-corrected chi connectivity index (χ1v) is 7.75. The Balaban J connectivity index is 2.09. The van der Waals surface area contributed by atoms with Crippen LogP contribution in [0, 0.1) is 0 Å². The summed E-state index contributed by atoms with van der Waals surface area (Å²) < 4.78 is 5.66. The summed E-state index contributed by atoms with van der Waals surface area (Å²) in [6.07, 6.45) is 2.88. The second-order valence-electron chi connectivity index (χ2n) is 6.01. The Bertz CT molecular complexity index is 416. The molecule has 0 radical (unpaired) electrons. The fraction of sp³-hybridized carbons (Fsp3) is 0.647. The molecule has 0 aromatic heterocycles. The predicted molar refractivity (Wildman–Crippen MR) is 82.1 cm³/mol. The van der Waals surface area contributed by atoms with E-state index >= 15 is 0 Å². The number of hydrogen-bond acceptors (Lipinski definition) is 3. The maximum Gasteiger partial charge on any atom is 0.119 e. The molecule has 0 saturated carbocycles. The monoisotopic (exact) mass is 277 g/mol. The number of benzene rings is 1. The molecule has 0 aliphatic carbocycles. The van der Waals surface area contributed by atoms with E-state index in [9.17, 15) is 5.11 Å². The maximum atomic E-state index is 10.9. The quantitative estimate of drug-likeness (QED) is 0.917. The van der Waals surface area contributed by atoms with Crippen molar-refractivity contribution in [1.82, 2.24) is 4.90 Å². The van der Waals surface area contributed by atoms with Crippen LogP contribution in [-0.2, 0) is 5.60 Å². The van der Waals surface area contributed by atoms with Crippen LogP contribution in [0.4, 0.5) is 0 Å². The molecule has 0 bridgehead atoms. The summed E-state index contributed by atoms with van der Waals surface area (Å²) in [7, 11) is 0. The van der Waals surface area contributed by atoms with Gasteiger partial charge in [-0.1, -0.05) is 19.1 Å². The summed E-state index contributed by atoms with van der Waals surface area (Å²) >= 11 is 0. The van der Waals surface area contributed by atoms with E-state index in [1.165, 1.54) is 0 Å². The molecule has 1 heterocycles. The molecule has 3 nitrogen and oxygen atoms in total. The second kappa shape index (κ2) is 6.59. The highest BCUT2D eigenvalue weighted by Gasteiger charge is 2.31. The third-order valence-corrected chi connectivity index (χ3v) is 4.12. The van der Waals surface area contributed by atoms with Crippen LogP contribution < -0.4 is 4.74 Å². The molecule has 2 rings (SSSR count). The molecular formula is C17H27NO2. The minimum Gasteiger partial charge on any atom is -0.491 e. The van der Waals surface area contributed by atoms with Gasteiger partial charge in [0, 0.05) is 6.54 Å². The summed E-state index contributed by atoms with van der Waals surface area (Å²) in [6, 6.07) is 7.96. The highest BCUT2D eigenvalue weighted by atomic mass is 16.5. The minimum absolute atomic E-state index is 0.180. The fourth-order valence-electron chi connectivity index (χ4n) is 2.90. The predicted octanol–water partition coefficient (Wildman–Crippen LogP) is 3.17. The van der Waals surface area contributed by atoms with Gasteiger partial charge in [0.15, 0.2) is 0 Å². The summed E-state index contributed by atoms with van der Waals surface area (Å²) in [4.78, 5) is 2.41. The van der Waals surface area contributed by atoms with Crippen molar-refractivity contribution >= 4 is 0 Å². The average Bonchev–Trinajstić information content (AvgIpc) is 2.61. The van der Waals surface area contributed by atoms with Gasteiger partial charge in [0.1, 0.15) is 5.75 Å². The van der Waals surface area contributed by atoms with Gasteiger partial charge < -0.3 is 14.7 Å². The van der Waals surface area contributed by atoms with Crippen molar-refractivity contribution in [2.45, 2.75) is 51.7 Å². The molecule has 1 N–H and O–H groups in total. The summed E-state index contributed by atoms with van der Waals surface area (Å²) in [5, 5.41) is 10.9. The van der Waals surface area contributed by atoms with Crippen molar-refractivity contribution in [1.29, 1.82) is 0 Å². The average molecular weight is 277 g/mol. The van der Waals surface area contributed by atoms with E-state index in [-0.39, 0.29) is 6.10 Å². The molecule has 1 unspecified atom stereocenters. The fourth-order valence-corrected chi connectivity index (χ4v) is 2.90. The van der Waals surface area contributed by atoms with Crippen LogP contribution in [-0.4, -0.2) is 35.7 Å². The van der Waals surface area contributed by atoms with Crippen molar-refractivity contribution in [3.05, 3.63) is 29.8 Å². The van der Waals surface area contributed by atoms with Crippen LogP contribution in [0.3, 0.4) is 0 Å². The van der Waals surface area contributed by atoms with Gasteiger partial charge in [0.05, 0.1) is 11.7 Å². The van der Waals surface area contributed by atoms with Crippen molar-refractivity contribution in [2.75, 3.05) is 19.6 Å². The SMILES string of the molecule is CCN1CCCC(O)(c2ccc(OC(C)C)cc2)CC1. The smallest absolute Gasteiger partial charge is 0.119 e. The third kappa shape index (κ3) is 3.74. The first-order valence-electron chi connectivity index (χ1n) is 7.75. The zero-order chi connectivity index (χ0) is 14.6. The zero-order valence-electron chi connectivity index (χ0n) is 12.9. The summed E-state index contributed by atoms with van der Waals surface area (Å²) in [5.74, 6) is 0.871. The van der Waals surface area contributed by atoms with Crippen LogP contribution in [0.25, 0.3) is 0 Å². The Morgan fingerprint density at radius 3 is 2.50 bits per heavy atom. The van der Waals surface area contributed by atoms with E-state index in [4.69, 9.17) is 4.74 Å². The topological polar surface area (TPSA) is 32.7 Å². The third-order valence-electron chi connectivity index (χ3n) is 4.12. The van der Waals surface area contributed by atoms with Gasteiger partial charge in [-0.3, -0.25) is 0 Å². The van der Waals surface area contributed by atoms with Crippen LogP contribution >= 0.6 is 0 Å². The van der Waals surface area contributed by atoms with Crippen LogP contribution in [0.1, 0.15) is 45.6 Å². The number of rotatable bonds is 4. The molecule has 1 atom stereocenters. The van der Waals surface area contributed by atoms with Gasteiger partial charge >= 0.3 is 0 Å².